The second kappa shape index (κ2) is 9.38. The predicted octanol–water partition coefficient (Wildman–Crippen LogP) is 1.73. The number of methoxy groups -OCH3 is 1. The monoisotopic (exact) mass is 431 g/mol. The van der Waals surface area contributed by atoms with Crippen molar-refractivity contribution in [1.29, 1.82) is 0 Å². The molecule has 8 nitrogen and oxygen atoms in total. The van der Waals surface area contributed by atoms with Gasteiger partial charge in [0.2, 0.25) is 15.9 Å². The van der Waals surface area contributed by atoms with Crippen molar-refractivity contribution in [3.8, 4) is 0 Å². The zero-order chi connectivity index (χ0) is 21.7. The van der Waals surface area contributed by atoms with Gasteiger partial charge >= 0.3 is 5.97 Å². The van der Waals surface area contributed by atoms with Gasteiger partial charge in [-0.05, 0) is 42.8 Å². The minimum atomic E-state index is -3.69. The lowest BCUT2D eigenvalue weighted by Gasteiger charge is -2.33. The predicted molar refractivity (Wildman–Crippen MR) is 113 cm³/mol. The van der Waals surface area contributed by atoms with Crippen LogP contribution in [0.4, 0.5) is 5.69 Å². The van der Waals surface area contributed by atoms with Gasteiger partial charge in [0.25, 0.3) is 0 Å². The first kappa shape index (κ1) is 21.9. The summed E-state index contributed by atoms with van der Waals surface area (Å²) in [6.07, 6.45) is 0. The molecule has 2 aromatic rings. The molecule has 1 aliphatic rings. The molecule has 0 atom stereocenters. The molecule has 0 bridgehead atoms. The van der Waals surface area contributed by atoms with Crippen LogP contribution < -0.4 is 5.32 Å². The van der Waals surface area contributed by atoms with Crippen LogP contribution in [0.5, 0.6) is 0 Å². The molecular formula is C21H25N3O5S. The third kappa shape index (κ3) is 5.05. The van der Waals surface area contributed by atoms with E-state index in [1.807, 2.05) is 35.2 Å². The van der Waals surface area contributed by atoms with E-state index in [0.717, 1.165) is 5.69 Å². The Hall–Kier alpha value is -2.75. The largest absolute Gasteiger partial charge is 0.465 e. The lowest BCUT2D eigenvalue weighted by molar-refractivity contribution is -0.117. The molecule has 0 saturated carbocycles. The van der Waals surface area contributed by atoms with E-state index in [-0.39, 0.29) is 17.3 Å². The highest BCUT2D eigenvalue weighted by molar-refractivity contribution is 7.89. The van der Waals surface area contributed by atoms with Crippen LogP contribution in [-0.4, -0.2) is 69.3 Å². The molecule has 1 fully saturated rings. The van der Waals surface area contributed by atoms with Crippen LogP contribution in [-0.2, 0) is 19.6 Å². The Morgan fingerprint density at radius 3 is 2.30 bits per heavy atom. The quantitative estimate of drug-likeness (QED) is 0.700. The summed E-state index contributed by atoms with van der Waals surface area (Å²) in [5.41, 5.74) is 1.53. The number of carbonyl (C=O) groups is 2. The molecule has 1 saturated heterocycles. The number of hydrogen-bond acceptors (Lipinski definition) is 6. The van der Waals surface area contributed by atoms with Gasteiger partial charge in [0.15, 0.2) is 0 Å². The van der Waals surface area contributed by atoms with E-state index >= 15 is 0 Å². The number of nitrogens with zero attached hydrogens (tertiary/aromatic N) is 2. The Kier molecular flexibility index (Phi) is 6.86. The number of ether oxygens (including phenoxy) is 1. The van der Waals surface area contributed by atoms with Gasteiger partial charge in [-0.1, -0.05) is 18.2 Å². The topological polar surface area (TPSA) is 96.0 Å². The first-order valence-electron chi connectivity index (χ1n) is 9.57. The molecule has 0 aromatic heterocycles. The molecule has 160 valence electrons. The number of esters is 1. The Bertz CT molecular complexity index is 1020. The summed E-state index contributed by atoms with van der Waals surface area (Å²) in [6.45, 7) is 3.36. The van der Waals surface area contributed by atoms with Crippen LogP contribution in [0.1, 0.15) is 15.9 Å². The summed E-state index contributed by atoms with van der Waals surface area (Å²) in [4.78, 5) is 26.0. The molecule has 1 amide bonds. The molecule has 0 spiro atoms. The van der Waals surface area contributed by atoms with Crippen molar-refractivity contribution in [1.82, 2.24) is 9.21 Å². The minimum Gasteiger partial charge on any atom is -0.465 e. The standard InChI is InChI=1S/C21H25N3O5S/c1-16-14-17(21(26)29-2)8-9-19(16)30(27,28)24-12-10-23(11-13-24)15-20(25)22-18-6-4-3-5-7-18/h3-9,14H,10-13,15H2,1-2H3,(H,22,25). The third-order valence-corrected chi connectivity index (χ3v) is 7.03. The van der Waals surface area contributed by atoms with Crippen LogP contribution in [0, 0.1) is 6.92 Å². The maximum atomic E-state index is 13.0. The van der Waals surface area contributed by atoms with Crippen LogP contribution in [0.25, 0.3) is 0 Å². The van der Waals surface area contributed by atoms with Crippen molar-refractivity contribution in [3.05, 3.63) is 59.7 Å². The smallest absolute Gasteiger partial charge is 0.337 e. The van der Waals surface area contributed by atoms with Crippen LogP contribution in [0.3, 0.4) is 0 Å². The van der Waals surface area contributed by atoms with Crippen molar-refractivity contribution in [2.75, 3.05) is 45.2 Å². The van der Waals surface area contributed by atoms with Gasteiger partial charge in [-0.15, -0.1) is 0 Å². The van der Waals surface area contributed by atoms with Gasteiger partial charge in [-0.3, -0.25) is 9.69 Å². The average molecular weight is 432 g/mol. The fourth-order valence-electron chi connectivity index (χ4n) is 3.38. The highest BCUT2D eigenvalue weighted by Gasteiger charge is 2.30. The van der Waals surface area contributed by atoms with Crippen molar-refractivity contribution < 1.29 is 22.7 Å². The van der Waals surface area contributed by atoms with Gasteiger partial charge in [-0.25, -0.2) is 13.2 Å². The first-order chi connectivity index (χ1) is 14.3. The highest BCUT2D eigenvalue weighted by atomic mass is 32.2. The lowest BCUT2D eigenvalue weighted by atomic mass is 10.1. The third-order valence-electron chi connectivity index (χ3n) is 4.97. The Morgan fingerprint density at radius 2 is 1.70 bits per heavy atom. The number of nitrogens with one attached hydrogen (secondary N) is 1. The van der Waals surface area contributed by atoms with E-state index in [1.54, 1.807) is 6.92 Å². The minimum absolute atomic E-state index is 0.133. The van der Waals surface area contributed by atoms with E-state index in [0.29, 0.717) is 37.3 Å². The van der Waals surface area contributed by atoms with Crippen LogP contribution in [0.2, 0.25) is 0 Å². The fourth-order valence-corrected chi connectivity index (χ4v) is 5.00. The summed E-state index contributed by atoms with van der Waals surface area (Å²) in [6, 6.07) is 13.6. The molecular weight excluding hydrogens is 406 g/mol. The van der Waals surface area contributed by atoms with Crippen LogP contribution >= 0.6 is 0 Å². The van der Waals surface area contributed by atoms with E-state index in [9.17, 15) is 18.0 Å². The molecule has 1 aliphatic heterocycles. The fraction of sp³-hybridized carbons (Fsp3) is 0.333. The summed E-state index contributed by atoms with van der Waals surface area (Å²) >= 11 is 0. The van der Waals surface area contributed by atoms with E-state index in [2.05, 4.69) is 10.1 Å². The SMILES string of the molecule is COC(=O)c1ccc(S(=O)(=O)N2CCN(CC(=O)Nc3ccccc3)CC2)c(C)c1. The number of amides is 1. The van der Waals surface area contributed by atoms with Crippen LogP contribution in [0.15, 0.2) is 53.4 Å². The molecule has 9 heteroatoms. The summed E-state index contributed by atoms with van der Waals surface area (Å²) in [7, 11) is -2.41. The Balaban J connectivity index is 1.60. The summed E-state index contributed by atoms with van der Waals surface area (Å²) in [5, 5.41) is 2.83. The maximum absolute atomic E-state index is 13.0. The zero-order valence-electron chi connectivity index (χ0n) is 17.0. The Labute approximate surface area is 176 Å². The molecule has 0 aliphatic carbocycles. The molecule has 2 aromatic carbocycles. The maximum Gasteiger partial charge on any atom is 0.337 e. The van der Waals surface area contributed by atoms with Gasteiger partial charge in [0.1, 0.15) is 0 Å². The number of carbonyl (C=O) groups excluding carboxylic acids is 2. The number of piperazine rings is 1. The second-order valence-electron chi connectivity index (χ2n) is 7.07. The zero-order valence-corrected chi connectivity index (χ0v) is 17.8. The molecule has 30 heavy (non-hydrogen) atoms. The second-order valence-corrected chi connectivity index (χ2v) is 8.97. The van der Waals surface area contributed by atoms with E-state index < -0.39 is 16.0 Å². The number of aryl methyl sites for hydroxylation is 1. The molecule has 0 unspecified atom stereocenters. The number of anilines is 1. The van der Waals surface area contributed by atoms with Crippen molar-refractivity contribution in [2.24, 2.45) is 0 Å². The molecule has 3 rings (SSSR count). The lowest BCUT2D eigenvalue weighted by Crippen LogP contribution is -2.50. The number of benzene rings is 2. The van der Waals surface area contributed by atoms with Gasteiger partial charge in [0.05, 0.1) is 24.1 Å². The highest BCUT2D eigenvalue weighted by Crippen LogP contribution is 2.22. The summed E-state index contributed by atoms with van der Waals surface area (Å²) in [5.74, 6) is -0.642. The van der Waals surface area contributed by atoms with Crippen molar-refractivity contribution in [2.45, 2.75) is 11.8 Å². The number of hydrogen-bond donors (Lipinski definition) is 1. The molecule has 1 N–H and O–H groups in total. The number of rotatable bonds is 6. The average Bonchev–Trinajstić information content (AvgIpc) is 2.74. The van der Waals surface area contributed by atoms with Gasteiger partial charge < -0.3 is 10.1 Å². The number of sulfonamides is 1. The van der Waals surface area contributed by atoms with Gasteiger partial charge in [-0.2, -0.15) is 4.31 Å². The Morgan fingerprint density at radius 1 is 1.03 bits per heavy atom. The molecule has 0 radical (unpaired) electrons. The van der Waals surface area contributed by atoms with Gasteiger partial charge in [0, 0.05) is 31.9 Å². The number of para-hydroxylation sites is 1. The van der Waals surface area contributed by atoms with E-state index in [4.69, 9.17) is 0 Å². The first-order valence-corrected chi connectivity index (χ1v) is 11.0. The van der Waals surface area contributed by atoms with Crippen molar-refractivity contribution in [3.63, 3.8) is 0 Å². The van der Waals surface area contributed by atoms with E-state index in [1.165, 1.54) is 29.6 Å². The molecule has 1 heterocycles. The summed E-state index contributed by atoms with van der Waals surface area (Å²) < 4.78 is 32.2. The van der Waals surface area contributed by atoms with Crippen molar-refractivity contribution >= 4 is 27.6 Å². The normalized spacial score (nSPS) is 15.5.